The number of carbonyl (C=O) groups excluding carboxylic acids is 1. The van der Waals surface area contributed by atoms with Crippen LogP contribution in [-0.2, 0) is 0 Å². The second-order valence-electron chi connectivity index (χ2n) is 4.32. The molecule has 0 saturated heterocycles. The van der Waals surface area contributed by atoms with E-state index in [1.165, 1.54) is 25.2 Å². The summed E-state index contributed by atoms with van der Waals surface area (Å²) in [6.07, 6.45) is 0. The molecule has 4 N–H and O–H groups in total. The summed E-state index contributed by atoms with van der Waals surface area (Å²) < 4.78 is 0. The number of nitro benzene ring substituents is 1. The molecule has 0 saturated carbocycles. The van der Waals surface area contributed by atoms with Gasteiger partial charge in [-0.2, -0.15) is 0 Å². The van der Waals surface area contributed by atoms with Crippen LogP contribution in [0.3, 0.4) is 0 Å². The molecule has 7 nitrogen and oxygen atoms in total. The molecule has 108 valence electrons. The van der Waals surface area contributed by atoms with Crippen LogP contribution in [0.2, 0.25) is 0 Å². The minimum atomic E-state index is -0.512. The zero-order valence-electron chi connectivity index (χ0n) is 11.3. The summed E-state index contributed by atoms with van der Waals surface area (Å²) in [4.78, 5) is 22.2. The van der Waals surface area contributed by atoms with Crippen molar-refractivity contribution < 1.29 is 9.72 Å². The van der Waals surface area contributed by atoms with Gasteiger partial charge in [0.25, 0.3) is 11.6 Å². The predicted molar refractivity (Wildman–Crippen MR) is 80.6 cm³/mol. The van der Waals surface area contributed by atoms with Crippen LogP contribution in [0.1, 0.15) is 10.4 Å². The van der Waals surface area contributed by atoms with Gasteiger partial charge in [0.05, 0.1) is 4.92 Å². The van der Waals surface area contributed by atoms with Gasteiger partial charge in [-0.3, -0.25) is 14.9 Å². The highest BCUT2D eigenvalue weighted by Gasteiger charge is 2.16. The average Bonchev–Trinajstić information content (AvgIpc) is 2.46. The van der Waals surface area contributed by atoms with Gasteiger partial charge in [-0.25, -0.2) is 0 Å². The summed E-state index contributed by atoms with van der Waals surface area (Å²) in [6, 6.07) is 10.9. The van der Waals surface area contributed by atoms with Crippen molar-refractivity contribution >= 4 is 28.7 Å². The van der Waals surface area contributed by atoms with Crippen molar-refractivity contribution in [3.63, 3.8) is 0 Å². The summed E-state index contributed by atoms with van der Waals surface area (Å²) >= 11 is 0. The molecule has 0 aliphatic carbocycles. The summed E-state index contributed by atoms with van der Waals surface area (Å²) in [5.74, 6) is -0.319. The molecule has 0 radical (unpaired) electrons. The van der Waals surface area contributed by atoms with Crippen LogP contribution >= 0.6 is 0 Å². The average molecular weight is 286 g/mol. The Morgan fingerprint density at radius 2 is 2.00 bits per heavy atom. The number of nitrogens with one attached hydrogen (secondary N) is 2. The Kier molecular flexibility index (Phi) is 4.03. The molecular weight excluding hydrogens is 272 g/mol. The van der Waals surface area contributed by atoms with Crippen molar-refractivity contribution in [3.05, 3.63) is 58.1 Å². The molecule has 0 fully saturated rings. The summed E-state index contributed by atoms with van der Waals surface area (Å²) in [6.45, 7) is 0. The predicted octanol–water partition coefficient (Wildman–Crippen LogP) is 2.28. The lowest BCUT2D eigenvalue weighted by molar-refractivity contribution is -0.383. The van der Waals surface area contributed by atoms with Crippen LogP contribution in [0.25, 0.3) is 0 Å². The van der Waals surface area contributed by atoms with Gasteiger partial charge in [-0.1, -0.05) is 6.07 Å². The molecule has 0 atom stereocenters. The molecule has 7 heteroatoms. The largest absolute Gasteiger partial charge is 0.399 e. The lowest BCUT2D eigenvalue weighted by Crippen LogP contribution is -2.17. The Balaban J connectivity index is 2.43. The summed E-state index contributed by atoms with van der Waals surface area (Å²) in [5.41, 5.74) is 7.24. The van der Waals surface area contributed by atoms with Crippen molar-refractivity contribution in [3.8, 4) is 0 Å². The number of nitrogens with two attached hydrogens (primary N) is 1. The van der Waals surface area contributed by atoms with E-state index in [-0.39, 0.29) is 17.3 Å². The van der Waals surface area contributed by atoms with Gasteiger partial charge in [0.1, 0.15) is 5.69 Å². The quantitative estimate of drug-likeness (QED) is 0.453. The number of nitrogens with zero attached hydrogens (tertiary/aromatic N) is 1. The van der Waals surface area contributed by atoms with E-state index < -0.39 is 4.92 Å². The highest BCUT2D eigenvalue weighted by Crippen LogP contribution is 2.29. The van der Waals surface area contributed by atoms with Crippen LogP contribution < -0.4 is 16.4 Å². The normalized spacial score (nSPS) is 9.95. The molecule has 0 spiro atoms. The van der Waals surface area contributed by atoms with Crippen LogP contribution in [0, 0.1) is 10.1 Å². The lowest BCUT2D eigenvalue weighted by Gasteiger charge is -2.09. The van der Waals surface area contributed by atoms with Crippen LogP contribution in [0.4, 0.5) is 22.7 Å². The Bertz CT molecular complexity index is 700. The minimum Gasteiger partial charge on any atom is -0.399 e. The van der Waals surface area contributed by atoms with Gasteiger partial charge >= 0.3 is 0 Å². The number of benzene rings is 2. The second-order valence-corrected chi connectivity index (χ2v) is 4.32. The van der Waals surface area contributed by atoms with E-state index in [0.29, 0.717) is 16.9 Å². The van der Waals surface area contributed by atoms with Crippen molar-refractivity contribution in [1.82, 2.24) is 5.32 Å². The van der Waals surface area contributed by atoms with Crippen molar-refractivity contribution in [1.29, 1.82) is 0 Å². The summed E-state index contributed by atoms with van der Waals surface area (Å²) in [7, 11) is 1.49. The van der Waals surface area contributed by atoms with Crippen LogP contribution in [0.15, 0.2) is 42.5 Å². The van der Waals surface area contributed by atoms with E-state index in [1.807, 2.05) is 0 Å². The molecule has 1 amide bonds. The Hall–Kier alpha value is -3.09. The number of rotatable bonds is 4. The van der Waals surface area contributed by atoms with Gasteiger partial charge in [0.2, 0.25) is 0 Å². The van der Waals surface area contributed by atoms with Crippen LogP contribution in [-0.4, -0.2) is 17.9 Å². The topological polar surface area (TPSA) is 110 Å². The van der Waals surface area contributed by atoms with E-state index >= 15 is 0 Å². The number of nitrogen functional groups attached to an aromatic ring is 1. The first-order valence-corrected chi connectivity index (χ1v) is 6.14. The zero-order chi connectivity index (χ0) is 15.4. The van der Waals surface area contributed by atoms with Gasteiger partial charge in [-0.05, 0) is 30.3 Å². The lowest BCUT2D eigenvalue weighted by atomic mass is 10.1. The fourth-order valence-electron chi connectivity index (χ4n) is 1.85. The smallest absolute Gasteiger partial charge is 0.292 e. The third-order valence-electron chi connectivity index (χ3n) is 2.85. The maximum atomic E-state index is 11.6. The zero-order valence-corrected chi connectivity index (χ0v) is 11.3. The fourth-order valence-corrected chi connectivity index (χ4v) is 1.85. The molecule has 2 aromatic rings. The maximum Gasteiger partial charge on any atom is 0.292 e. The molecule has 2 aromatic carbocycles. The van der Waals surface area contributed by atoms with Crippen molar-refractivity contribution in [2.45, 2.75) is 0 Å². The molecule has 0 aromatic heterocycles. The molecule has 0 unspecified atom stereocenters. The molecule has 0 aliphatic heterocycles. The first kappa shape index (κ1) is 14.3. The van der Waals surface area contributed by atoms with Crippen molar-refractivity contribution in [2.24, 2.45) is 0 Å². The van der Waals surface area contributed by atoms with E-state index in [4.69, 9.17) is 5.73 Å². The number of amides is 1. The van der Waals surface area contributed by atoms with E-state index in [2.05, 4.69) is 10.6 Å². The van der Waals surface area contributed by atoms with E-state index in [1.54, 1.807) is 24.3 Å². The molecule has 21 heavy (non-hydrogen) atoms. The third-order valence-corrected chi connectivity index (χ3v) is 2.85. The first-order chi connectivity index (χ1) is 10.0. The number of carbonyl (C=O) groups is 1. The maximum absolute atomic E-state index is 11.6. The van der Waals surface area contributed by atoms with Crippen LogP contribution in [0.5, 0.6) is 0 Å². The Morgan fingerprint density at radius 3 is 2.62 bits per heavy atom. The molecule has 0 bridgehead atoms. The Labute approximate surface area is 120 Å². The molecule has 0 aliphatic rings. The second kappa shape index (κ2) is 5.91. The minimum absolute atomic E-state index is 0.120. The summed E-state index contributed by atoms with van der Waals surface area (Å²) in [5, 5.41) is 16.5. The molecule has 2 rings (SSSR count). The fraction of sp³-hybridized carbons (Fsp3) is 0.0714. The Morgan fingerprint density at radius 1 is 1.24 bits per heavy atom. The monoisotopic (exact) mass is 286 g/mol. The highest BCUT2D eigenvalue weighted by molar-refractivity contribution is 5.96. The number of hydrogen-bond acceptors (Lipinski definition) is 5. The number of anilines is 3. The number of hydrogen-bond donors (Lipinski definition) is 3. The van der Waals surface area contributed by atoms with E-state index in [0.717, 1.165) is 0 Å². The van der Waals surface area contributed by atoms with Gasteiger partial charge in [-0.15, -0.1) is 0 Å². The molecular formula is C14H14N4O3. The van der Waals surface area contributed by atoms with E-state index in [9.17, 15) is 14.9 Å². The third kappa shape index (κ3) is 3.27. The molecule has 0 heterocycles. The standard InChI is InChI=1S/C14H14N4O3/c1-16-14(19)9-5-6-13(18(20)21)12(7-9)17-11-4-2-3-10(15)8-11/h2-8,17H,15H2,1H3,(H,16,19). The van der Waals surface area contributed by atoms with Gasteiger partial charge < -0.3 is 16.4 Å². The first-order valence-electron chi connectivity index (χ1n) is 6.14. The number of nitro groups is 1. The van der Waals surface area contributed by atoms with Gasteiger partial charge in [0.15, 0.2) is 0 Å². The SMILES string of the molecule is CNC(=O)c1ccc([N+](=O)[O-])c(Nc2cccc(N)c2)c1. The van der Waals surface area contributed by atoms with Crippen molar-refractivity contribution in [2.75, 3.05) is 18.1 Å². The highest BCUT2D eigenvalue weighted by atomic mass is 16.6. The van der Waals surface area contributed by atoms with Gasteiger partial charge in [0, 0.05) is 30.1 Å².